The largest absolute Gasteiger partial charge is 0.444 e. The Balaban J connectivity index is 1.80. The van der Waals surface area contributed by atoms with E-state index in [1.165, 1.54) is 5.57 Å². The van der Waals surface area contributed by atoms with Crippen molar-refractivity contribution >= 4 is 12.0 Å². The first-order valence-corrected chi connectivity index (χ1v) is 9.22. The van der Waals surface area contributed by atoms with E-state index < -0.39 is 12.0 Å². The molecule has 0 saturated carbocycles. The van der Waals surface area contributed by atoms with E-state index >= 15 is 0 Å². The average Bonchev–Trinajstić information content (AvgIpc) is 3.20. The first kappa shape index (κ1) is 21.0. The Morgan fingerprint density at radius 3 is 2.43 bits per heavy atom. The van der Waals surface area contributed by atoms with Crippen molar-refractivity contribution in [3.8, 4) is 5.69 Å². The van der Waals surface area contributed by atoms with E-state index in [4.69, 9.17) is 4.74 Å². The molecule has 0 fully saturated rings. The molecule has 2 aromatic rings. The molecule has 0 radical (unpaired) electrons. The molecule has 0 bridgehead atoms. The molecule has 6 heteroatoms. The zero-order valence-electron chi connectivity index (χ0n) is 16.6. The van der Waals surface area contributed by atoms with Crippen LogP contribution in [0.5, 0.6) is 0 Å². The van der Waals surface area contributed by atoms with Crippen LogP contribution in [0.25, 0.3) is 5.69 Å². The summed E-state index contributed by atoms with van der Waals surface area (Å²) in [7, 11) is 0. The summed E-state index contributed by atoms with van der Waals surface area (Å²) in [4.78, 5) is 24.2. The lowest BCUT2D eigenvalue weighted by Gasteiger charge is -2.11. The standard InChI is InChI=1S/C22H27N3O3/c1-17(2)9-8-10-18(3)13-16-28-22(27)24-23-21(26)19-11-4-5-12-20(19)25-14-6-7-15-25/h4-7,9,11-15H,8,10,16H2,1-3H3,(H,23,26)(H,24,27). The van der Waals surface area contributed by atoms with Gasteiger partial charge in [0.25, 0.3) is 5.91 Å². The number of ether oxygens (including phenoxy) is 1. The third kappa shape index (κ3) is 6.79. The van der Waals surface area contributed by atoms with E-state index in [-0.39, 0.29) is 6.61 Å². The number of hydrogen-bond donors (Lipinski definition) is 2. The van der Waals surface area contributed by atoms with Crippen molar-refractivity contribution in [3.63, 3.8) is 0 Å². The lowest BCUT2D eigenvalue weighted by Crippen LogP contribution is -2.42. The number of hydrogen-bond acceptors (Lipinski definition) is 3. The summed E-state index contributed by atoms with van der Waals surface area (Å²) < 4.78 is 6.90. The van der Waals surface area contributed by atoms with Gasteiger partial charge in [-0.15, -0.1) is 0 Å². The number of aromatic nitrogens is 1. The van der Waals surface area contributed by atoms with Crippen molar-refractivity contribution in [1.82, 2.24) is 15.4 Å². The zero-order chi connectivity index (χ0) is 20.4. The van der Waals surface area contributed by atoms with Crippen LogP contribution in [-0.2, 0) is 4.74 Å². The number of nitrogens with zero attached hydrogens (tertiary/aromatic N) is 1. The predicted octanol–water partition coefficient (Wildman–Crippen LogP) is 4.54. The highest BCUT2D eigenvalue weighted by Gasteiger charge is 2.12. The number of allylic oxidation sites excluding steroid dienone is 3. The Morgan fingerprint density at radius 1 is 1.00 bits per heavy atom. The summed E-state index contributed by atoms with van der Waals surface area (Å²) in [5, 5.41) is 0. The van der Waals surface area contributed by atoms with Gasteiger partial charge in [0.2, 0.25) is 0 Å². The van der Waals surface area contributed by atoms with Crippen LogP contribution < -0.4 is 10.9 Å². The number of carbonyl (C=O) groups excluding carboxylic acids is 2. The fourth-order valence-electron chi connectivity index (χ4n) is 2.55. The Bertz CT molecular complexity index is 848. The van der Waals surface area contributed by atoms with Gasteiger partial charge in [-0.05, 0) is 64.0 Å². The SMILES string of the molecule is CC(C)=CCCC(C)=CCOC(=O)NNC(=O)c1ccccc1-n1cccc1. The van der Waals surface area contributed by atoms with Gasteiger partial charge in [-0.1, -0.05) is 29.4 Å². The topological polar surface area (TPSA) is 72.4 Å². The van der Waals surface area contributed by atoms with Crippen molar-refractivity contribution < 1.29 is 14.3 Å². The highest BCUT2D eigenvalue weighted by molar-refractivity contribution is 5.98. The number of rotatable bonds is 7. The molecule has 0 saturated heterocycles. The van der Waals surface area contributed by atoms with Gasteiger partial charge in [-0.2, -0.15) is 0 Å². The van der Waals surface area contributed by atoms with Crippen LogP contribution in [0.3, 0.4) is 0 Å². The molecular weight excluding hydrogens is 354 g/mol. The number of carbonyl (C=O) groups is 2. The molecular formula is C22H27N3O3. The molecule has 2 N–H and O–H groups in total. The highest BCUT2D eigenvalue weighted by Crippen LogP contribution is 2.14. The molecule has 6 nitrogen and oxygen atoms in total. The molecule has 1 heterocycles. The van der Waals surface area contributed by atoms with E-state index in [0.717, 1.165) is 24.1 Å². The monoisotopic (exact) mass is 381 g/mol. The van der Waals surface area contributed by atoms with Gasteiger partial charge in [0, 0.05) is 12.4 Å². The quantitative estimate of drug-likeness (QED) is 0.546. The Kier molecular flexibility index (Phi) is 8.09. The molecule has 1 aromatic carbocycles. The van der Waals surface area contributed by atoms with Crippen LogP contribution in [-0.4, -0.2) is 23.2 Å². The second-order valence-corrected chi connectivity index (χ2v) is 6.66. The van der Waals surface area contributed by atoms with Gasteiger partial charge in [0.1, 0.15) is 6.61 Å². The number of amides is 2. The summed E-state index contributed by atoms with van der Waals surface area (Å²) >= 11 is 0. The lowest BCUT2D eigenvalue weighted by atomic mass is 10.1. The maximum atomic E-state index is 12.4. The minimum absolute atomic E-state index is 0.155. The summed E-state index contributed by atoms with van der Waals surface area (Å²) in [5.74, 6) is -0.422. The number of nitrogens with one attached hydrogen (secondary N) is 2. The second-order valence-electron chi connectivity index (χ2n) is 6.66. The molecule has 0 spiro atoms. The van der Waals surface area contributed by atoms with Crippen molar-refractivity contribution in [1.29, 1.82) is 0 Å². The summed E-state index contributed by atoms with van der Waals surface area (Å²) in [6.07, 6.45) is 8.91. The zero-order valence-corrected chi connectivity index (χ0v) is 16.6. The number of para-hydroxylation sites is 1. The molecule has 28 heavy (non-hydrogen) atoms. The van der Waals surface area contributed by atoms with Crippen LogP contribution in [0.15, 0.2) is 72.1 Å². The van der Waals surface area contributed by atoms with Crippen molar-refractivity contribution in [2.75, 3.05) is 6.61 Å². The molecule has 0 aliphatic rings. The van der Waals surface area contributed by atoms with E-state index in [1.54, 1.807) is 12.1 Å². The van der Waals surface area contributed by atoms with Crippen LogP contribution in [0, 0.1) is 0 Å². The second kappa shape index (κ2) is 10.8. The normalized spacial score (nSPS) is 10.9. The maximum absolute atomic E-state index is 12.4. The highest BCUT2D eigenvalue weighted by atomic mass is 16.6. The smallest absolute Gasteiger partial charge is 0.426 e. The molecule has 0 atom stereocenters. The third-order valence-corrected chi connectivity index (χ3v) is 4.05. The maximum Gasteiger partial charge on any atom is 0.426 e. The van der Waals surface area contributed by atoms with Crippen LogP contribution in [0.1, 0.15) is 44.0 Å². The molecule has 0 unspecified atom stereocenters. The van der Waals surface area contributed by atoms with E-state index in [1.807, 2.05) is 54.2 Å². The van der Waals surface area contributed by atoms with Crippen LogP contribution >= 0.6 is 0 Å². The van der Waals surface area contributed by atoms with Crippen LogP contribution in [0.2, 0.25) is 0 Å². The van der Waals surface area contributed by atoms with Crippen molar-refractivity contribution in [3.05, 3.63) is 77.7 Å². The average molecular weight is 381 g/mol. The summed E-state index contributed by atoms with van der Waals surface area (Å²) in [5.41, 5.74) is 8.25. The molecule has 0 aliphatic carbocycles. The molecule has 1 aromatic heterocycles. The molecule has 148 valence electrons. The lowest BCUT2D eigenvalue weighted by molar-refractivity contribution is 0.0915. The van der Waals surface area contributed by atoms with Gasteiger partial charge in [-0.25, -0.2) is 10.2 Å². The van der Waals surface area contributed by atoms with Gasteiger partial charge in [0.15, 0.2) is 0 Å². The fraction of sp³-hybridized carbons (Fsp3) is 0.273. The molecule has 2 rings (SSSR count). The first-order chi connectivity index (χ1) is 13.5. The van der Waals surface area contributed by atoms with E-state index in [0.29, 0.717) is 5.56 Å². The van der Waals surface area contributed by atoms with E-state index in [9.17, 15) is 9.59 Å². The summed E-state index contributed by atoms with van der Waals surface area (Å²) in [6, 6.07) is 10.9. The first-order valence-electron chi connectivity index (χ1n) is 9.22. The molecule has 2 amide bonds. The Morgan fingerprint density at radius 2 is 1.71 bits per heavy atom. The van der Waals surface area contributed by atoms with E-state index in [2.05, 4.69) is 30.8 Å². The van der Waals surface area contributed by atoms with Gasteiger partial charge in [0.05, 0.1) is 11.3 Å². The Hall–Kier alpha value is -3.28. The molecule has 0 aliphatic heterocycles. The Labute approximate surface area is 165 Å². The third-order valence-electron chi connectivity index (χ3n) is 4.05. The van der Waals surface area contributed by atoms with Gasteiger partial charge < -0.3 is 9.30 Å². The fourth-order valence-corrected chi connectivity index (χ4v) is 2.55. The van der Waals surface area contributed by atoms with Gasteiger partial charge >= 0.3 is 6.09 Å². The van der Waals surface area contributed by atoms with Crippen molar-refractivity contribution in [2.45, 2.75) is 33.6 Å². The van der Waals surface area contributed by atoms with Crippen molar-refractivity contribution in [2.24, 2.45) is 0 Å². The number of hydrazine groups is 1. The minimum Gasteiger partial charge on any atom is -0.444 e. The summed E-state index contributed by atoms with van der Waals surface area (Å²) in [6.45, 7) is 6.29. The predicted molar refractivity (Wildman–Crippen MR) is 110 cm³/mol. The van der Waals surface area contributed by atoms with Gasteiger partial charge in [-0.3, -0.25) is 10.2 Å². The number of benzene rings is 1. The minimum atomic E-state index is -0.708. The van der Waals surface area contributed by atoms with Crippen LogP contribution in [0.4, 0.5) is 4.79 Å².